The minimum absolute atomic E-state index is 0.154. The Morgan fingerprint density at radius 2 is 1.39 bits per heavy atom. The first kappa shape index (κ1) is 20.4. The summed E-state index contributed by atoms with van der Waals surface area (Å²) >= 11 is 0. The van der Waals surface area contributed by atoms with Crippen LogP contribution in [0, 0.1) is 11.6 Å². The largest absolute Gasteiger partial charge is 0.340 e. The van der Waals surface area contributed by atoms with Crippen LogP contribution in [0.3, 0.4) is 0 Å². The van der Waals surface area contributed by atoms with Crippen molar-refractivity contribution in [1.82, 2.24) is 9.97 Å². The van der Waals surface area contributed by atoms with E-state index in [4.69, 9.17) is 0 Å². The lowest BCUT2D eigenvalue weighted by atomic mass is 10.1. The van der Waals surface area contributed by atoms with E-state index in [1.165, 1.54) is 18.5 Å². The first-order valence-electron chi connectivity index (χ1n) is 9.14. The third-order valence-electron chi connectivity index (χ3n) is 4.33. The molecule has 0 saturated carbocycles. The highest BCUT2D eigenvalue weighted by Crippen LogP contribution is 2.24. The molecule has 31 heavy (non-hydrogen) atoms. The van der Waals surface area contributed by atoms with E-state index in [0.717, 1.165) is 29.5 Å². The highest BCUT2D eigenvalue weighted by atomic mass is 32.2. The summed E-state index contributed by atoms with van der Waals surface area (Å²) in [6.45, 7) is 0. The summed E-state index contributed by atoms with van der Waals surface area (Å²) in [6, 6.07) is 20.4. The zero-order valence-corrected chi connectivity index (χ0v) is 16.8. The molecular weight excluding hydrogens is 422 g/mol. The Labute approximate surface area is 177 Å². The lowest BCUT2D eigenvalue weighted by molar-refractivity contribution is 0.521. The van der Waals surface area contributed by atoms with E-state index in [9.17, 15) is 17.2 Å². The number of nitrogens with one attached hydrogen (secondary N) is 2. The summed E-state index contributed by atoms with van der Waals surface area (Å²) < 4.78 is 54.6. The Kier molecular flexibility index (Phi) is 5.59. The molecule has 9 heteroatoms. The molecule has 0 unspecified atom stereocenters. The molecule has 0 atom stereocenters. The molecule has 0 saturated heterocycles. The van der Waals surface area contributed by atoms with Crippen molar-refractivity contribution in [1.29, 1.82) is 0 Å². The fraction of sp³-hybridized carbons (Fsp3) is 0. The van der Waals surface area contributed by atoms with Crippen molar-refractivity contribution in [3.8, 4) is 11.3 Å². The summed E-state index contributed by atoms with van der Waals surface area (Å²) in [5.74, 6) is -1.77. The van der Waals surface area contributed by atoms with Gasteiger partial charge in [0.2, 0.25) is 0 Å². The Morgan fingerprint density at radius 3 is 2.06 bits per heavy atom. The van der Waals surface area contributed by atoms with Crippen LogP contribution >= 0.6 is 0 Å². The van der Waals surface area contributed by atoms with Crippen LogP contribution in [0.2, 0.25) is 0 Å². The van der Waals surface area contributed by atoms with Gasteiger partial charge in [0.1, 0.15) is 23.8 Å². The van der Waals surface area contributed by atoms with Gasteiger partial charge in [-0.3, -0.25) is 4.72 Å². The summed E-state index contributed by atoms with van der Waals surface area (Å²) in [5.41, 5.74) is 2.48. The van der Waals surface area contributed by atoms with Crippen molar-refractivity contribution >= 4 is 27.2 Å². The molecule has 0 radical (unpaired) electrons. The zero-order valence-electron chi connectivity index (χ0n) is 16.0. The molecule has 0 spiro atoms. The zero-order chi connectivity index (χ0) is 21.8. The highest BCUT2D eigenvalue weighted by molar-refractivity contribution is 7.92. The molecule has 0 aliphatic heterocycles. The predicted octanol–water partition coefficient (Wildman–Crippen LogP) is 4.97. The first-order valence-corrected chi connectivity index (χ1v) is 10.6. The van der Waals surface area contributed by atoms with Gasteiger partial charge in [0, 0.05) is 23.0 Å². The molecule has 0 amide bonds. The second-order valence-electron chi connectivity index (χ2n) is 6.51. The van der Waals surface area contributed by atoms with Crippen LogP contribution in [-0.4, -0.2) is 18.4 Å². The summed E-state index contributed by atoms with van der Waals surface area (Å²) in [4.78, 5) is 7.42. The molecule has 3 aromatic carbocycles. The Hall–Kier alpha value is -3.85. The molecule has 2 N–H and O–H groups in total. The normalized spacial score (nSPS) is 11.2. The Morgan fingerprint density at radius 1 is 0.742 bits per heavy atom. The van der Waals surface area contributed by atoms with E-state index >= 15 is 0 Å². The van der Waals surface area contributed by atoms with Gasteiger partial charge < -0.3 is 5.32 Å². The predicted molar refractivity (Wildman–Crippen MR) is 114 cm³/mol. The standard InChI is InChI=1S/C22H16F2N4O2S/c23-18-7-4-8-19(24)22(18)31(29,30)28-17-11-9-16(10-12-17)27-21-13-20(25-14-26-21)15-5-2-1-3-6-15/h1-14,28H,(H,25,26,27). The maximum Gasteiger partial charge on any atom is 0.267 e. The second-order valence-corrected chi connectivity index (χ2v) is 8.13. The number of aromatic nitrogens is 2. The lowest BCUT2D eigenvalue weighted by Gasteiger charge is -2.11. The van der Waals surface area contributed by atoms with Crippen LogP contribution in [-0.2, 0) is 10.0 Å². The Balaban J connectivity index is 1.50. The topological polar surface area (TPSA) is 84.0 Å². The fourth-order valence-corrected chi connectivity index (χ4v) is 4.11. The van der Waals surface area contributed by atoms with Gasteiger partial charge in [-0.1, -0.05) is 36.4 Å². The van der Waals surface area contributed by atoms with Crippen LogP contribution in [0.4, 0.5) is 26.0 Å². The van der Waals surface area contributed by atoms with Gasteiger partial charge in [0.05, 0.1) is 5.69 Å². The smallest absolute Gasteiger partial charge is 0.267 e. The molecule has 0 aliphatic rings. The molecule has 4 aromatic rings. The van der Waals surface area contributed by atoms with Crippen molar-refractivity contribution in [3.05, 3.63) is 96.8 Å². The first-order chi connectivity index (χ1) is 14.9. The monoisotopic (exact) mass is 438 g/mol. The van der Waals surface area contributed by atoms with Crippen molar-refractivity contribution in [2.24, 2.45) is 0 Å². The molecule has 0 fully saturated rings. The quantitative estimate of drug-likeness (QED) is 0.444. The van der Waals surface area contributed by atoms with E-state index in [1.54, 1.807) is 18.2 Å². The number of anilines is 3. The number of hydrogen-bond donors (Lipinski definition) is 2. The average molecular weight is 438 g/mol. The maximum atomic E-state index is 13.8. The molecule has 6 nitrogen and oxygen atoms in total. The van der Waals surface area contributed by atoms with Gasteiger partial charge in [-0.2, -0.15) is 0 Å². The Bertz CT molecular complexity index is 1290. The number of hydrogen-bond acceptors (Lipinski definition) is 5. The number of benzene rings is 3. The summed E-state index contributed by atoms with van der Waals surface area (Å²) in [6.07, 6.45) is 1.44. The van der Waals surface area contributed by atoms with Crippen LogP contribution in [0.1, 0.15) is 0 Å². The van der Waals surface area contributed by atoms with E-state index in [-0.39, 0.29) is 5.69 Å². The average Bonchev–Trinajstić information content (AvgIpc) is 2.75. The lowest BCUT2D eigenvalue weighted by Crippen LogP contribution is -2.16. The van der Waals surface area contributed by atoms with Crippen molar-refractivity contribution in [2.75, 3.05) is 10.0 Å². The number of nitrogens with zero attached hydrogens (tertiary/aromatic N) is 2. The number of rotatable bonds is 6. The van der Waals surface area contributed by atoms with Gasteiger partial charge in [-0.05, 0) is 36.4 Å². The maximum absolute atomic E-state index is 13.8. The van der Waals surface area contributed by atoms with Gasteiger partial charge in [-0.15, -0.1) is 0 Å². The third-order valence-corrected chi connectivity index (χ3v) is 5.77. The molecule has 1 heterocycles. The van der Waals surface area contributed by atoms with Crippen molar-refractivity contribution in [2.45, 2.75) is 4.90 Å². The minimum Gasteiger partial charge on any atom is -0.340 e. The van der Waals surface area contributed by atoms with Crippen molar-refractivity contribution < 1.29 is 17.2 Å². The second kappa shape index (κ2) is 8.49. The van der Waals surface area contributed by atoms with E-state index < -0.39 is 26.6 Å². The van der Waals surface area contributed by atoms with E-state index in [0.29, 0.717) is 11.5 Å². The summed E-state index contributed by atoms with van der Waals surface area (Å²) in [5, 5.41) is 3.11. The molecule has 156 valence electrons. The number of sulfonamides is 1. The molecule has 0 aliphatic carbocycles. The van der Waals surface area contributed by atoms with Crippen molar-refractivity contribution in [3.63, 3.8) is 0 Å². The van der Waals surface area contributed by atoms with Crippen LogP contribution < -0.4 is 10.0 Å². The molecule has 0 bridgehead atoms. The van der Waals surface area contributed by atoms with E-state index in [1.807, 2.05) is 30.3 Å². The molecule has 4 rings (SSSR count). The van der Waals surface area contributed by atoms with E-state index in [2.05, 4.69) is 20.0 Å². The molecule has 1 aromatic heterocycles. The molecular formula is C22H16F2N4O2S. The minimum atomic E-state index is -4.42. The van der Waals surface area contributed by atoms with Gasteiger partial charge in [0.25, 0.3) is 10.0 Å². The fourth-order valence-electron chi connectivity index (χ4n) is 2.91. The SMILES string of the molecule is O=S(=O)(Nc1ccc(Nc2cc(-c3ccccc3)ncn2)cc1)c1c(F)cccc1F. The van der Waals surface area contributed by atoms with Gasteiger partial charge in [-0.25, -0.2) is 27.2 Å². The third kappa shape index (κ3) is 4.67. The van der Waals surface area contributed by atoms with Crippen LogP contribution in [0.15, 0.2) is 90.1 Å². The van der Waals surface area contributed by atoms with Crippen LogP contribution in [0.25, 0.3) is 11.3 Å². The summed E-state index contributed by atoms with van der Waals surface area (Å²) in [7, 11) is -4.42. The van der Waals surface area contributed by atoms with Gasteiger partial charge >= 0.3 is 0 Å². The highest BCUT2D eigenvalue weighted by Gasteiger charge is 2.23. The van der Waals surface area contributed by atoms with Crippen LogP contribution in [0.5, 0.6) is 0 Å². The number of halogens is 2. The van der Waals surface area contributed by atoms with Gasteiger partial charge in [0.15, 0.2) is 4.90 Å².